The molecule has 6 N–H and O–H groups in total. The predicted molar refractivity (Wildman–Crippen MR) is 130 cm³/mol. The molecule has 0 saturated heterocycles. The van der Waals surface area contributed by atoms with Crippen LogP contribution in [0.25, 0.3) is 0 Å². The summed E-state index contributed by atoms with van der Waals surface area (Å²) in [7, 11) is 0. The Morgan fingerprint density at radius 3 is 2.63 bits per heavy atom. The Morgan fingerprint density at radius 2 is 2.09 bits per heavy atom. The van der Waals surface area contributed by atoms with E-state index in [0.29, 0.717) is 35.9 Å². The third-order valence-electron chi connectivity index (χ3n) is 5.02. The number of aromatic nitrogens is 1. The monoisotopic (exact) mass is 514 g/mol. The summed E-state index contributed by atoms with van der Waals surface area (Å²) < 4.78 is 0. The molecule has 3 atom stereocenters. The van der Waals surface area contributed by atoms with Crippen molar-refractivity contribution in [3.8, 4) is 0 Å². The van der Waals surface area contributed by atoms with Gasteiger partial charge < -0.3 is 21.7 Å². The Hall–Kier alpha value is -3.33. The maximum absolute atomic E-state index is 13.3. The zero-order valence-electron chi connectivity index (χ0n) is 20.0. The number of nitrogens with zero attached hydrogens (tertiary/aromatic N) is 4. The maximum atomic E-state index is 13.3. The van der Waals surface area contributed by atoms with Crippen molar-refractivity contribution in [2.45, 2.75) is 65.0 Å². The largest absolute Gasteiger partial charge is 0.365 e. The van der Waals surface area contributed by atoms with Crippen LogP contribution >= 0.6 is 11.3 Å². The van der Waals surface area contributed by atoms with Gasteiger partial charge in [0.2, 0.25) is 18.2 Å². The molecule has 0 spiro atoms. The zero-order chi connectivity index (χ0) is 26.4. The highest BCUT2D eigenvalue weighted by molar-refractivity contribution is 7.13. The molecule has 1 aromatic heterocycles. The fourth-order valence-electron chi connectivity index (χ4n) is 3.51. The van der Waals surface area contributed by atoms with Gasteiger partial charge in [-0.05, 0) is 31.6 Å². The smallest absolute Gasteiger partial charge is 0.266 e. The van der Waals surface area contributed by atoms with E-state index in [1.807, 2.05) is 20.8 Å². The average Bonchev–Trinajstić information content (AvgIpc) is 3.29. The van der Waals surface area contributed by atoms with E-state index in [1.54, 1.807) is 5.38 Å². The van der Waals surface area contributed by atoms with Gasteiger partial charge in [-0.15, -0.1) is 11.3 Å². The molecule has 0 aliphatic rings. The summed E-state index contributed by atoms with van der Waals surface area (Å²) in [5.74, 6) is -2.01. The van der Waals surface area contributed by atoms with Crippen LogP contribution in [0.5, 0.6) is 0 Å². The zero-order valence-corrected chi connectivity index (χ0v) is 20.9. The van der Waals surface area contributed by atoms with Gasteiger partial charge in [0.1, 0.15) is 11.1 Å². The highest BCUT2D eigenvalue weighted by Crippen LogP contribution is 2.23. The van der Waals surface area contributed by atoms with E-state index in [1.165, 1.54) is 17.5 Å². The number of amides is 3. The van der Waals surface area contributed by atoms with Gasteiger partial charge in [-0.3, -0.25) is 19.6 Å². The predicted octanol–water partition coefficient (Wildman–Crippen LogP) is 1.12. The summed E-state index contributed by atoms with van der Waals surface area (Å²) in [6.07, 6.45) is 3.70. The van der Waals surface area contributed by atoms with E-state index in [-0.39, 0.29) is 31.3 Å². The molecule has 0 aliphatic heterocycles. The van der Waals surface area contributed by atoms with Crippen LogP contribution in [0.3, 0.4) is 0 Å². The maximum Gasteiger partial charge on any atom is 0.266 e. The number of guanidine groups is 1. The standard InChI is InChI=1S/C20H34N8O6S/c1-4-6-16(27(32)12-29)14(11-13(2)3)17(30)24-15(18(31)25-20-23-9-10-35-20)7-5-8-22-19(21)26-28(33)34/h9-10,12-16,32H,4-8,11H2,1-3H3,(H,24,30)(H3,21,22,26)(H,23,25,31)/t14-,15+,16+/m1/s1. The lowest BCUT2D eigenvalue weighted by molar-refractivity contribution is -0.485. The summed E-state index contributed by atoms with van der Waals surface area (Å²) in [6, 6.07) is -1.72. The van der Waals surface area contributed by atoms with Crippen LogP contribution in [-0.4, -0.2) is 63.1 Å². The Morgan fingerprint density at radius 1 is 1.37 bits per heavy atom. The first kappa shape index (κ1) is 29.7. The van der Waals surface area contributed by atoms with E-state index < -0.39 is 34.8 Å². The topological polar surface area (TPSA) is 205 Å². The summed E-state index contributed by atoms with van der Waals surface area (Å²) in [4.78, 5) is 51.9. The van der Waals surface area contributed by atoms with Gasteiger partial charge in [-0.2, -0.15) is 0 Å². The van der Waals surface area contributed by atoms with Gasteiger partial charge in [-0.1, -0.05) is 27.2 Å². The molecule has 1 heterocycles. The second-order valence-electron chi connectivity index (χ2n) is 8.26. The minimum atomic E-state index is -0.970. The normalized spacial score (nSPS) is 14.0. The molecule has 1 aromatic rings. The molecule has 196 valence electrons. The molecule has 15 heteroatoms. The van der Waals surface area contributed by atoms with Crippen molar-refractivity contribution in [2.24, 2.45) is 22.7 Å². The van der Waals surface area contributed by atoms with Crippen molar-refractivity contribution in [1.29, 1.82) is 0 Å². The first-order chi connectivity index (χ1) is 16.6. The number of carbonyl (C=O) groups is 3. The third-order valence-corrected chi connectivity index (χ3v) is 5.71. The van der Waals surface area contributed by atoms with Crippen molar-refractivity contribution in [2.75, 3.05) is 11.9 Å². The van der Waals surface area contributed by atoms with Gasteiger partial charge in [0, 0.05) is 18.1 Å². The highest BCUT2D eigenvalue weighted by atomic mass is 32.1. The van der Waals surface area contributed by atoms with Crippen LogP contribution in [-0.2, 0) is 14.4 Å². The molecule has 0 bridgehead atoms. The number of nitrogens with one attached hydrogen (secondary N) is 3. The van der Waals surface area contributed by atoms with Crippen molar-refractivity contribution in [3.63, 3.8) is 0 Å². The SMILES string of the molecule is CCC[C@@H]([C@@H](CC(C)C)C(=O)N[C@@H](CCCN/C(N)=N/[N+](=O)[O-])C(=O)Nc1nccs1)N(O)C=O. The number of hydrazone groups is 1. The number of nitro groups is 1. The second-order valence-corrected chi connectivity index (χ2v) is 9.15. The van der Waals surface area contributed by atoms with E-state index >= 15 is 0 Å². The van der Waals surface area contributed by atoms with Crippen molar-refractivity contribution in [3.05, 3.63) is 21.7 Å². The summed E-state index contributed by atoms with van der Waals surface area (Å²) >= 11 is 1.22. The molecule has 1 rings (SSSR count). The number of hydroxylamine groups is 2. The molecule has 0 aliphatic carbocycles. The van der Waals surface area contributed by atoms with Gasteiger partial charge in [0.15, 0.2) is 10.2 Å². The number of carbonyl (C=O) groups excluding carboxylic acids is 3. The van der Waals surface area contributed by atoms with E-state index in [4.69, 9.17) is 5.73 Å². The lowest BCUT2D eigenvalue weighted by Gasteiger charge is -2.32. The molecule has 0 saturated carbocycles. The molecule has 0 aromatic carbocycles. The lowest BCUT2D eigenvalue weighted by atomic mass is 9.86. The number of anilines is 1. The second kappa shape index (κ2) is 15.5. The van der Waals surface area contributed by atoms with E-state index in [0.717, 1.165) is 0 Å². The molecule has 0 fully saturated rings. The molecule has 35 heavy (non-hydrogen) atoms. The van der Waals surface area contributed by atoms with Crippen LogP contribution in [0, 0.1) is 22.0 Å². The van der Waals surface area contributed by atoms with Crippen molar-refractivity contribution >= 4 is 40.7 Å². The van der Waals surface area contributed by atoms with Gasteiger partial charge in [0.05, 0.1) is 12.0 Å². The molecule has 0 radical (unpaired) electrons. The van der Waals surface area contributed by atoms with E-state index in [2.05, 4.69) is 26.0 Å². The number of hydrogen-bond donors (Lipinski definition) is 5. The fourth-order valence-corrected chi connectivity index (χ4v) is 4.04. The number of thiazole rings is 1. The average molecular weight is 515 g/mol. The van der Waals surface area contributed by atoms with Crippen LogP contribution in [0.4, 0.5) is 5.13 Å². The number of hydrogen-bond acceptors (Lipinski definition) is 8. The first-order valence-electron chi connectivity index (χ1n) is 11.2. The number of rotatable bonds is 16. The molecule has 0 unspecified atom stereocenters. The summed E-state index contributed by atoms with van der Waals surface area (Å²) in [5.41, 5.74) is 5.40. The van der Waals surface area contributed by atoms with E-state index in [9.17, 15) is 29.7 Å². The minimum absolute atomic E-state index is 0.0841. The number of nitrogens with two attached hydrogens (primary N) is 1. The third kappa shape index (κ3) is 11.1. The van der Waals surface area contributed by atoms with Crippen LogP contribution in [0.1, 0.15) is 52.9 Å². The lowest BCUT2D eigenvalue weighted by Crippen LogP contribution is -2.51. The molecule has 3 amide bonds. The van der Waals surface area contributed by atoms with Crippen molar-refractivity contribution < 1.29 is 24.6 Å². The quantitative estimate of drug-likeness (QED) is 0.0407. The Bertz CT molecular complexity index is 851. The fraction of sp³-hybridized carbons (Fsp3) is 0.650. The summed E-state index contributed by atoms with van der Waals surface area (Å²) in [5, 5.41) is 33.0. The molecular formula is C20H34N8O6S. The molecule has 14 nitrogen and oxygen atoms in total. The van der Waals surface area contributed by atoms with Gasteiger partial charge in [-0.25, -0.2) is 20.2 Å². The Labute approximate surface area is 207 Å². The highest BCUT2D eigenvalue weighted by Gasteiger charge is 2.34. The Balaban J connectivity index is 3.00. The Kier molecular flexibility index (Phi) is 13.2. The van der Waals surface area contributed by atoms with Gasteiger partial charge in [0.25, 0.3) is 5.96 Å². The molecular weight excluding hydrogens is 480 g/mol. The first-order valence-corrected chi connectivity index (χ1v) is 12.1. The van der Waals surface area contributed by atoms with Gasteiger partial charge >= 0.3 is 0 Å². The van der Waals surface area contributed by atoms with Crippen LogP contribution in [0.2, 0.25) is 0 Å². The summed E-state index contributed by atoms with van der Waals surface area (Å²) in [6.45, 7) is 5.88. The van der Waals surface area contributed by atoms with Crippen LogP contribution < -0.4 is 21.7 Å². The van der Waals surface area contributed by atoms with Crippen molar-refractivity contribution in [1.82, 2.24) is 20.7 Å². The minimum Gasteiger partial charge on any atom is -0.365 e. The van der Waals surface area contributed by atoms with Crippen LogP contribution in [0.15, 0.2) is 16.7 Å².